The fourth-order valence-corrected chi connectivity index (χ4v) is 4.61. The maximum atomic E-state index is 13.4. The van der Waals surface area contributed by atoms with Gasteiger partial charge < -0.3 is 0 Å². The van der Waals surface area contributed by atoms with Crippen molar-refractivity contribution in [1.29, 1.82) is 0 Å². The van der Waals surface area contributed by atoms with Crippen LogP contribution >= 0.6 is 11.6 Å². The van der Waals surface area contributed by atoms with Crippen molar-refractivity contribution in [2.45, 2.75) is 152 Å². The molecule has 0 radical (unpaired) electrons. The Bertz CT molecular complexity index is 1160. The van der Waals surface area contributed by atoms with Crippen molar-refractivity contribution in [3.05, 3.63) is 105 Å². The standard InChI is InChI=1S/C13H19Cl.C13H19F.C13H20.C2H6/c2*1-9(2)11-8-10(13(3,4)5)6-7-12(11)14;1-10(2)11-7-6-8-12(9-11)13(3,4)5;1-2/h2*6-9H,1-5H3;6-10H,1-5H3;1-2H3. The van der Waals surface area contributed by atoms with Crippen LogP contribution in [0.2, 0.25) is 5.02 Å². The van der Waals surface area contributed by atoms with Gasteiger partial charge in [0.05, 0.1) is 0 Å². The smallest absolute Gasteiger partial charge is 0.126 e. The summed E-state index contributed by atoms with van der Waals surface area (Å²) in [6, 6.07) is 20.7. The van der Waals surface area contributed by atoms with E-state index in [9.17, 15) is 4.39 Å². The summed E-state index contributed by atoms with van der Waals surface area (Å²) in [5.41, 5.74) is 8.05. The Balaban J connectivity index is 0.000000598. The Hall–Kier alpha value is -2.12. The van der Waals surface area contributed by atoms with Gasteiger partial charge in [-0.15, -0.1) is 0 Å². The second kappa shape index (κ2) is 17.4. The Kier molecular flexibility index (Phi) is 16.5. The maximum Gasteiger partial charge on any atom is 0.126 e. The first kappa shape index (κ1) is 40.9. The molecule has 0 aliphatic rings. The Morgan fingerprint density at radius 3 is 1.30 bits per heavy atom. The van der Waals surface area contributed by atoms with Crippen LogP contribution in [0.4, 0.5) is 4.39 Å². The number of rotatable bonds is 3. The molecule has 0 bridgehead atoms. The average Bonchev–Trinajstić information content (AvgIpc) is 2.89. The minimum Gasteiger partial charge on any atom is -0.207 e. The highest BCUT2D eigenvalue weighted by molar-refractivity contribution is 6.31. The van der Waals surface area contributed by atoms with Crippen LogP contribution in [-0.2, 0) is 16.2 Å². The summed E-state index contributed by atoms with van der Waals surface area (Å²) in [4.78, 5) is 0. The third-order valence-electron chi connectivity index (χ3n) is 7.39. The second-order valence-corrected chi connectivity index (χ2v) is 15.7. The normalized spacial score (nSPS) is 11.8. The van der Waals surface area contributed by atoms with Crippen LogP contribution in [0.5, 0.6) is 0 Å². The van der Waals surface area contributed by atoms with Crippen LogP contribution in [0.25, 0.3) is 0 Å². The van der Waals surface area contributed by atoms with Gasteiger partial charge in [0.15, 0.2) is 0 Å². The molecule has 0 nitrogen and oxygen atoms in total. The van der Waals surface area contributed by atoms with E-state index in [0.29, 0.717) is 11.8 Å². The van der Waals surface area contributed by atoms with Crippen LogP contribution in [0.3, 0.4) is 0 Å². The molecule has 2 heteroatoms. The predicted octanol–water partition coefficient (Wildman–Crippen LogP) is 14.1. The molecule has 0 N–H and O–H groups in total. The molecule has 0 heterocycles. The van der Waals surface area contributed by atoms with Crippen LogP contribution in [0.1, 0.15) is 169 Å². The first-order chi connectivity index (χ1) is 19.6. The first-order valence-corrected chi connectivity index (χ1v) is 16.6. The summed E-state index contributed by atoms with van der Waals surface area (Å²) >= 11 is 6.14. The SMILES string of the molecule is CC.CC(C)c1cc(C(C)(C)C)ccc1Cl.CC(C)c1cc(C(C)(C)C)ccc1F.CC(C)c1cccc(C(C)(C)C)c1. The molecule has 0 saturated carbocycles. The van der Waals surface area contributed by atoms with Crippen LogP contribution in [0, 0.1) is 5.82 Å². The summed E-state index contributed by atoms with van der Waals surface area (Å²) in [5.74, 6) is 1.28. The highest BCUT2D eigenvalue weighted by atomic mass is 35.5. The van der Waals surface area contributed by atoms with E-state index >= 15 is 0 Å². The van der Waals surface area contributed by atoms with Crippen molar-refractivity contribution < 1.29 is 4.39 Å². The summed E-state index contributed by atoms with van der Waals surface area (Å²) in [6.45, 7) is 36.7. The van der Waals surface area contributed by atoms with Crippen molar-refractivity contribution in [2.24, 2.45) is 0 Å². The Morgan fingerprint density at radius 1 is 0.512 bits per heavy atom. The maximum absolute atomic E-state index is 13.4. The van der Waals surface area contributed by atoms with E-state index in [-0.39, 0.29) is 28.0 Å². The molecule has 43 heavy (non-hydrogen) atoms. The summed E-state index contributed by atoms with van der Waals surface area (Å²) in [5, 5.41) is 0.882. The van der Waals surface area contributed by atoms with E-state index in [1.807, 2.05) is 45.9 Å². The lowest BCUT2D eigenvalue weighted by Crippen LogP contribution is -2.12. The van der Waals surface area contributed by atoms with Crippen molar-refractivity contribution in [3.8, 4) is 0 Å². The van der Waals surface area contributed by atoms with Gasteiger partial charge in [0.2, 0.25) is 0 Å². The van der Waals surface area contributed by atoms with Gasteiger partial charge in [-0.1, -0.05) is 178 Å². The zero-order chi connectivity index (χ0) is 33.9. The molecule has 0 aliphatic carbocycles. The minimum atomic E-state index is -0.0898. The van der Waals surface area contributed by atoms with Crippen molar-refractivity contribution in [1.82, 2.24) is 0 Å². The quantitative estimate of drug-likeness (QED) is 0.277. The summed E-state index contributed by atoms with van der Waals surface area (Å²) < 4.78 is 13.4. The van der Waals surface area contributed by atoms with E-state index in [1.54, 1.807) is 6.07 Å². The fourth-order valence-electron chi connectivity index (χ4n) is 4.27. The van der Waals surface area contributed by atoms with Gasteiger partial charge >= 0.3 is 0 Å². The van der Waals surface area contributed by atoms with Crippen molar-refractivity contribution in [2.75, 3.05) is 0 Å². The molecule has 0 amide bonds. The first-order valence-electron chi connectivity index (χ1n) is 16.3. The van der Waals surface area contributed by atoms with E-state index < -0.39 is 0 Å². The molecule has 0 aliphatic heterocycles. The summed E-state index contributed by atoms with van der Waals surface area (Å²) in [6.07, 6.45) is 0. The monoisotopic (exact) mass is 610 g/mol. The second-order valence-electron chi connectivity index (χ2n) is 15.3. The molecular weight excluding hydrogens is 547 g/mol. The average molecular weight is 611 g/mol. The third kappa shape index (κ3) is 14.0. The number of benzene rings is 3. The molecular formula is C41H64ClF. The predicted molar refractivity (Wildman–Crippen MR) is 194 cm³/mol. The molecule has 3 aromatic carbocycles. The highest BCUT2D eigenvalue weighted by Crippen LogP contribution is 2.31. The molecule has 0 saturated heterocycles. The van der Waals surface area contributed by atoms with Gasteiger partial charge in [-0.3, -0.25) is 0 Å². The van der Waals surface area contributed by atoms with Crippen LogP contribution in [0.15, 0.2) is 60.7 Å². The highest BCUT2D eigenvalue weighted by Gasteiger charge is 2.17. The van der Waals surface area contributed by atoms with Crippen LogP contribution in [-0.4, -0.2) is 0 Å². The topological polar surface area (TPSA) is 0 Å². The van der Waals surface area contributed by atoms with E-state index in [1.165, 1.54) is 27.8 Å². The molecule has 0 unspecified atom stereocenters. The van der Waals surface area contributed by atoms with Gasteiger partial charge in [-0.2, -0.15) is 0 Å². The number of hydrogen-bond acceptors (Lipinski definition) is 0. The minimum absolute atomic E-state index is 0.0898. The lowest BCUT2D eigenvalue weighted by atomic mass is 9.85. The zero-order valence-corrected chi connectivity index (χ0v) is 31.5. The molecule has 0 spiro atoms. The lowest BCUT2D eigenvalue weighted by Gasteiger charge is -2.21. The Morgan fingerprint density at radius 2 is 0.907 bits per heavy atom. The molecule has 242 valence electrons. The van der Waals surface area contributed by atoms with Gasteiger partial charge in [-0.05, 0) is 79.5 Å². The van der Waals surface area contributed by atoms with Gasteiger partial charge in [0, 0.05) is 5.02 Å². The largest absolute Gasteiger partial charge is 0.207 e. The Labute approximate surface area is 271 Å². The number of hydrogen-bond donors (Lipinski definition) is 0. The molecule has 0 aromatic heterocycles. The third-order valence-corrected chi connectivity index (χ3v) is 7.73. The van der Waals surface area contributed by atoms with Gasteiger partial charge in [-0.25, -0.2) is 4.39 Å². The zero-order valence-electron chi connectivity index (χ0n) is 30.8. The molecule has 3 aromatic rings. The van der Waals surface area contributed by atoms with E-state index in [4.69, 9.17) is 11.6 Å². The van der Waals surface area contributed by atoms with E-state index in [2.05, 4.69) is 126 Å². The molecule has 0 atom stereocenters. The fraction of sp³-hybridized carbons (Fsp3) is 0.561. The molecule has 3 rings (SSSR count). The lowest BCUT2D eigenvalue weighted by molar-refractivity contribution is 0.570. The molecule has 0 fully saturated rings. The van der Waals surface area contributed by atoms with Gasteiger partial charge in [0.25, 0.3) is 0 Å². The summed E-state index contributed by atoms with van der Waals surface area (Å²) in [7, 11) is 0. The number of halogens is 2. The van der Waals surface area contributed by atoms with Crippen LogP contribution < -0.4 is 0 Å². The van der Waals surface area contributed by atoms with Gasteiger partial charge in [0.1, 0.15) is 5.82 Å². The van der Waals surface area contributed by atoms with E-state index in [0.717, 1.165) is 10.6 Å². The van der Waals surface area contributed by atoms with Crippen molar-refractivity contribution in [3.63, 3.8) is 0 Å². The van der Waals surface area contributed by atoms with Crippen molar-refractivity contribution >= 4 is 11.6 Å².